The zero-order valence-electron chi connectivity index (χ0n) is 9.08. The van der Waals surface area contributed by atoms with E-state index in [1.807, 2.05) is 0 Å². The van der Waals surface area contributed by atoms with Crippen LogP contribution < -0.4 is 14.9 Å². The number of carboxylic acids is 2. The predicted molar refractivity (Wildman–Crippen MR) is 54.4 cm³/mol. The number of carbonyl (C=O) groups excluding carboxylic acids is 2. The van der Waals surface area contributed by atoms with Crippen molar-refractivity contribution in [2.75, 3.05) is 0 Å². The molecule has 0 bridgehead atoms. The Morgan fingerprint density at radius 1 is 1.22 bits per heavy atom. The Morgan fingerprint density at radius 3 is 2.44 bits per heavy atom. The van der Waals surface area contributed by atoms with Crippen molar-refractivity contribution in [3.05, 3.63) is 28.8 Å². The second-order valence-corrected chi connectivity index (χ2v) is 4.07. The molecule has 1 aliphatic rings. The Hall–Kier alpha value is -2.06. The first-order chi connectivity index (χ1) is 8.32. The fourth-order valence-electron chi connectivity index (χ4n) is 1.92. The van der Waals surface area contributed by atoms with Crippen molar-refractivity contribution in [3.63, 3.8) is 0 Å². The van der Waals surface area contributed by atoms with Gasteiger partial charge in [0, 0.05) is 11.1 Å². The van der Waals surface area contributed by atoms with Gasteiger partial charge < -0.3 is 34.5 Å². The standard InChI is InChI=1S/C10H10BO7/c12-9(13)6-2-1-5-3-4-11(16,17)18-8(5)7(6)10(14)15/h1-2,16-17H,3-4H2,(H,12,13)(H,14,15)/q-1/p-2. The molecule has 0 spiro atoms. The van der Waals surface area contributed by atoms with Gasteiger partial charge in [-0.1, -0.05) is 18.5 Å². The Bertz CT molecular complexity index is 537. The minimum Gasteiger partial charge on any atom is -0.669 e. The highest BCUT2D eigenvalue weighted by atomic mass is 16.6. The minimum atomic E-state index is -3.18. The van der Waals surface area contributed by atoms with Crippen LogP contribution in [0.3, 0.4) is 0 Å². The maximum atomic E-state index is 11.0. The Labute approximate surface area is 101 Å². The van der Waals surface area contributed by atoms with Crippen LogP contribution in [0.4, 0.5) is 0 Å². The van der Waals surface area contributed by atoms with Crippen LogP contribution in [-0.4, -0.2) is 28.7 Å². The molecule has 0 atom stereocenters. The third kappa shape index (κ3) is 2.03. The van der Waals surface area contributed by atoms with Crippen LogP contribution in [0.25, 0.3) is 0 Å². The van der Waals surface area contributed by atoms with Gasteiger partial charge in [-0.25, -0.2) is 0 Å². The van der Waals surface area contributed by atoms with Crippen molar-refractivity contribution in [3.8, 4) is 5.75 Å². The van der Waals surface area contributed by atoms with Crippen LogP contribution >= 0.6 is 0 Å². The largest absolute Gasteiger partial charge is 0.669 e. The van der Waals surface area contributed by atoms with E-state index in [2.05, 4.69) is 0 Å². The minimum absolute atomic E-state index is 0.0931. The average molecular weight is 251 g/mol. The molecule has 96 valence electrons. The van der Waals surface area contributed by atoms with Gasteiger partial charge in [0.2, 0.25) is 0 Å². The summed E-state index contributed by atoms with van der Waals surface area (Å²) in [6.07, 6.45) is 0.0695. The first-order valence-electron chi connectivity index (χ1n) is 5.20. The lowest BCUT2D eigenvalue weighted by atomic mass is 9.70. The lowest BCUT2D eigenvalue weighted by Crippen LogP contribution is -2.46. The third-order valence-electron chi connectivity index (χ3n) is 2.76. The van der Waals surface area contributed by atoms with E-state index >= 15 is 0 Å². The first kappa shape index (κ1) is 12.4. The molecule has 0 radical (unpaired) electrons. The van der Waals surface area contributed by atoms with E-state index in [-0.39, 0.29) is 18.5 Å². The molecule has 7 nitrogen and oxygen atoms in total. The molecule has 0 aliphatic carbocycles. The first-order valence-corrected chi connectivity index (χ1v) is 5.20. The molecule has 0 aromatic heterocycles. The highest BCUT2D eigenvalue weighted by molar-refractivity contribution is 6.59. The molecule has 0 saturated heterocycles. The van der Waals surface area contributed by atoms with Crippen LogP contribution in [0.1, 0.15) is 26.3 Å². The summed E-state index contributed by atoms with van der Waals surface area (Å²) < 4.78 is 4.76. The van der Waals surface area contributed by atoms with E-state index in [1.165, 1.54) is 6.07 Å². The van der Waals surface area contributed by atoms with Crippen molar-refractivity contribution in [1.82, 2.24) is 0 Å². The second kappa shape index (κ2) is 4.00. The summed E-state index contributed by atoms with van der Waals surface area (Å²) in [6, 6.07) is 2.41. The van der Waals surface area contributed by atoms with Gasteiger partial charge in [-0.15, -0.1) is 0 Å². The number of rotatable bonds is 2. The summed E-state index contributed by atoms with van der Waals surface area (Å²) in [4.78, 5) is 21.8. The van der Waals surface area contributed by atoms with Gasteiger partial charge >= 0.3 is 6.75 Å². The molecule has 8 heteroatoms. The zero-order valence-corrected chi connectivity index (χ0v) is 9.08. The van der Waals surface area contributed by atoms with E-state index in [0.717, 1.165) is 6.07 Å². The summed E-state index contributed by atoms with van der Waals surface area (Å²) >= 11 is 0. The second-order valence-electron chi connectivity index (χ2n) is 4.07. The summed E-state index contributed by atoms with van der Waals surface area (Å²) in [7, 11) is 0. The molecule has 0 unspecified atom stereocenters. The molecular weight excluding hydrogens is 243 g/mol. The van der Waals surface area contributed by atoms with Gasteiger partial charge in [0.25, 0.3) is 0 Å². The number of carboxylic acid groups (broad SMARTS) is 2. The normalized spacial score (nSPS) is 16.6. The molecule has 2 rings (SSSR count). The molecule has 0 amide bonds. The molecular formula is C10H8BO7-3. The maximum absolute atomic E-state index is 11.0. The fraction of sp³-hybridized carbons (Fsp3) is 0.200. The van der Waals surface area contributed by atoms with Crippen LogP contribution in [0.15, 0.2) is 12.1 Å². The Balaban J connectivity index is 2.66. The molecule has 0 fully saturated rings. The van der Waals surface area contributed by atoms with Crippen molar-refractivity contribution >= 4 is 18.7 Å². The predicted octanol–water partition coefficient (Wildman–Crippen LogP) is -2.73. The van der Waals surface area contributed by atoms with Crippen molar-refractivity contribution < 1.29 is 34.5 Å². The van der Waals surface area contributed by atoms with E-state index < -0.39 is 29.8 Å². The molecule has 18 heavy (non-hydrogen) atoms. The van der Waals surface area contributed by atoms with Gasteiger partial charge in [-0.2, -0.15) is 0 Å². The summed E-state index contributed by atoms with van der Waals surface area (Å²) in [5, 5.41) is 40.5. The number of aromatic carboxylic acids is 2. The molecule has 1 heterocycles. The Morgan fingerprint density at radius 2 is 1.89 bits per heavy atom. The van der Waals surface area contributed by atoms with Gasteiger partial charge in [-0.3, -0.25) is 0 Å². The van der Waals surface area contributed by atoms with Gasteiger partial charge in [0.05, 0.1) is 17.7 Å². The molecule has 1 aliphatic heterocycles. The maximum Gasteiger partial charge on any atom is 0.430 e. The number of fused-ring (bicyclic) bond motifs is 1. The quantitative estimate of drug-likeness (QED) is 0.545. The van der Waals surface area contributed by atoms with E-state index in [4.69, 9.17) is 4.65 Å². The van der Waals surface area contributed by atoms with Crippen molar-refractivity contribution in [1.29, 1.82) is 0 Å². The zero-order chi connectivity index (χ0) is 13.5. The summed E-state index contributed by atoms with van der Waals surface area (Å²) in [5.41, 5.74) is -0.983. The third-order valence-corrected chi connectivity index (χ3v) is 2.76. The van der Waals surface area contributed by atoms with Gasteiger partial charge in [-0.05, 0) is 12.0 Å². The number of hydrogen-bond donors (Lipinski definition) is 2. The van der Waals surface area contributed by atoms with Crippen LogP contribution in [0, 0.1) is 0 Å². The molecule has 1 aromatic rings. The average Bonchev–Trinajstić information content (AvgIpc) is 2.25. The summed E-state index contributed by atoms with van der Waals surface area (Å²) in [5.74, 6) is -3.87. The molecule has 1 aromatic carbocycles. The van der Waals surface area contributed by atoms with Crippen LogP contribution in [0.5, 0.6) is 5.75 Å². The van der Waals surface area contributed by atoms with Gasteiger partial charge in [0.15, 0.2) is 0 Å². The number of aryl methyl sites for hydroxylation is 1. The highest BCUT2D eigenvalue weighted by Crippen LogP contribution is 2.34. The number of carbonyl (C=O) groups is 2. The van der Waals surface area contributed by atoms with E-state index in [0.29, 0.717) is 5.56 Å². The van der Waals surface area contributed by atoms with Crippen molar-refractivity contribution in [2.45, 2.75) is 12.7 Å². The van der Waals surface area contributed by atoms with E-state index in [9.17, 15) is 29.9 Å². The Kier molecular flexibility index (Phi) is 2.76. The van der Waals surface area contributed by atoms with Gasteiger partial charge in [0.1, 0.15) is 0 Å². The lowest BCUT2D eigenvalue weighted by Gasteiger charge is -2.38. The van der Waals surface area contributed by atoms with E-state index in [1.54, 1.807) is 0 Å². The molecule has 0 saturated carbocycles. The number of hydrogen-bond acceptors (Lipinski definition) is 7. The fourth-order valence-corrected chi connectivity index (χ4v) is 1.92. The topological polar surface area (TPSA) is 130 Å². The lowest BCUT2D eigenvalue weighted by molar-refractivity contribution is -0.259. The molecule has 2 N–H and O–H groups in total. The van der Waals surface area contributed by atoms with Crippen molar-refractivity contribution in [2.24, 2.45) is 0 Å². The highest BCUT2D eigenvalue weighted by Gasteiger charge is 2.30. The smallest absolute Gasteiger partial charge is 0.430 e. The summed E-state index contributed by atoms with van der Waals surface area (Å²) in [6.45, 7) is -3.18. The number of benzene rings is 1. The monoisotopic (exact) mass is 251 g/mol. The van der Waals surface area contributed by atoms with Crippen LogP contribution in [-0.2, 0) is 6.42 Å². The van der Waals surface area contributed by atoms with Crippen LogP contribution in [0.2, 0.25) is 6.32 Å². The SMILES string of the molecule is O=C([O-])c1ccc2c(c1C(=O)[O-])O[B-](O)(O)CC2.